The second-order valence-corrected chi connectivity index (χ2v) is 5.26. The quantitative estimate of drug-likeness (QED) is 0.319. The van der Waals surface area contributed by atoms with E-state index in [2.05, 4.69) is 20.9 Å². The third kappa shape index (κ3) is 5.35. The van der Waals surface area contributed by atoms with E-state index in [9.17, 15) is 10.1 Å². The molecule has 0 amide bonds. The van der Waals surface area contributed by atoms with Gasteiger partial charge < -0.3 is 16.0 Å². The average molecular weight is 352 g/mol. The highest BCUT2D eigenvalue weighted by atomic mass is 35.5. The number of nitro benzene ring substituents is 1. The summed E-state index contributed by atoms with van der Waals surface area (Å²) in [6.07, 6.45) is 1.70. The normalized spacial score (nSPS) is 9.96. The highest BCUT2D eigenvalue weighted by Crippen LogP contribution is 2.26. The average Bonchev–Trinajstić information content (AvgIpc) is 2.54. The van der Waals surface area contributed by atoms with Crippen LogP contribution in [0.4, 0.5) is 17.2 Å². The van der Waals surface area contributed by atoms with Gasteiger partial charge in [0.2, 0.25) is 0 Å². The Morgan fingerprint density at radius 3 is 2.83 bits per heavy atom. The fourth-order valence-electron chi connectivity index (χ4n) is 1.72. The molecule has 0 saturated heterocycles. The largest absolute Gasteiger partial charge is 0.368 e. The van der Waals surface area contributed by atoms with Gasteiger partial charge in [-0.05, 0) is 30.4 Å². The number of rotatable bonds is 6. The summed E-state index contributed by atoms with van der Waals surface area (Å²) in [6, 6.07) is 9.71. The molecule has 0 fully saturated rings. The summed E-state index contributed by atoms with van der Waals surface area (Å²) < 4.78 is 0. The maximum atomic E-state index is 10.8. The molecule has 0 radical (unpaired) electrons. The lowest BCUT2D eigenvalue weighted by Crippen LogP contribution is -2.32. The Bertz CT molecular complexity index is 699. The predicted molar refractivity (Wildman–Crippen MR) is 95.1 cm³/mol. The Hall–Kier alpha value is -2.45. The summed E-state index contributed by atoms with van der Waals surface area (Å²) >= 11 is 11.1. The van der Waals surface area contributed by atoms with E-state index in [-0.39, 0.29) is 5.69 Å². The second-order valence-electron chi connectivity index (χ2n) is 4.44. The van der Waals surface area contributed by atoms with Crippen molar-refractivity contribution in [3.8, 4) is 0 Å². The fourth-order valence-corrected chi connectivity index (χ4v) is 2.10. The van der Waals surface area contributed by atoms with Crippen LogP contribution >= 0.6 is 23.8 Å². The van der Waals surface area contributed by atoms with E-state index in [0.717, 1.165) is 5.82 Å². The van der Waals surface area contributed by atoms with Gasteiger partial charge in [0.1, 0.15) is 5.82 Å². The van der Waals surface area contributed by atoms with Gasteiger partial charge in [-0.15, -0.1) is 0 Å². The fraction of sp³-hybridized carbons (Fsp3) is 0.143. The second kappa shape index (κ2) is 8.25. The third-order valence-corrected chi connectivity index (χ3v) is 3.37. The van der Waals surface area contributed by atoms with Gasteiger partial charge in [0, 0.05) is 31.4 Å². The Morgan fingerprint density at radius 1 is 1.30 bits per heavy atom. The molecule has 2 aromatic rings. The Kier molecular flexibility index (Phi) is 6.07. The number of anilines is 2. The van der Waals surface area contributed by atoms with Crippen LogP contribution in [-0.2, 0) is 0 Å². The minimum absolute atomic E-state index is 0.0588. The molecule has 1 heterocycles. The molecular formula is C14H14ClN5O2S. The highest BCUT2D eigenvalue weighted by Gasteiger charge is 2.10. The summed E-state index contributed by atoms with van der Waals surface area (Å²) in [4.78, 5) is 14.4. The van der Waals surface area contributed by atoms with Gasteiger partial charge >= 0.3 is 0 Å². The number of benzene rings is 1. The number of halogens is 1. The molecule has 0 aliphatic rings. The monoisotopic (exact) mass is 351 g/mol. The number of nitrogens with zero attached hydrogens (tertiary/aromatic N) is 2. The first-order chi connectivity index (χ1) is 11.1. The molecule has 7 nitrogen and oxygen atoms in total. The van der Waals surface area contributed by atoms with Crippen molar-refractivity contribution in [2.75, 3.05) is 23.7 Å². The lowest BCUT2D eigenvalue weighted by Gasteiger charge is -2.12. The van der Waals surface area contributed by atoms with Gasteiger partial charge in [0.25, 0.3) is 5.69 Å². The molecule has 1 aromatic heterocycles. The zero-order valence-corrected chi connectivity index (χ0v) is 13.5. The Balaban J connectivity index is 1.81. The minimum Gasteiger partial charge on any atom is -0.368 e. The van der Waals surface area contributed by atoms with Gasteiger partial charge in [0.15, 0.2) is 5.11 Å². The summed E-state index contributed by atoms with van der Waals surface area (Å²) in [7, 11) is 0. The zero-order chi connectivity index (χ0) is 16.7. The molecule has 0 saturated carbocycles. The lowest BCUT2D eigenvalue weighted by atomic mass is 10.3. The molecule has 9 heteroatoms. The van der Waals surface area contributed by atoms with Crippen molar-refractivity contribution in [3.63, 3.8) is 0 Å². The van der Waals surface area contributed by atoms with Crippen LogP contribution in [0.2, 0.25) is 5.02 Å². The van der Waals surface area contributed by atoms with Crippen LogP contribution in [0.3, 0.4) is 0 Å². The van der Waals surface area contributed by atoms with Crippen molar-refractivity contribution in [2.24, 2.45) is 0 Å². The van der Waals surface area contributed by atoms with Gasteiger partial charge in [-0.2, -0.15) is 0 Å². The van der Waals surface area contributed by atoms with Crippen LogP contribution in [0.1, 0.15) is 0 Å². The first-order valence-corrected chi connectivity index (χ1v) is 7.48. The number of hydrogen-bond acceptors (Lipinski definition) is 5. The summed E-state index contributed by atoms with van der Waals surface area (Å²) in [6.45, 7) is 1.16. The molecule has 0 atom stereocenters. The first-order valence-electron chi connectivity index (χ1n) is 6.70. The van der Waals surface area contributed by atoms with Crippen LogP contribution in [0.15, 0.2) is 42.6 Å². The minimum atomic E-state index is -0.491. The van der Waals surface area contributed by atoms with Crippen LogP contribution in [0.25, 0.3) is 0 Å². The van der Waals surface area contributed by atoms with E-state index >= 15 is 0 Å². The molecule has 0 aliphatic heterocycles. The van der Waals surface area contributed by atoms with E-state index in [1.807, 2.05) is 18.2 Å². The molecule has 0 bridgehead atoms. The standard InChI is InChI=1S/C14H14ClN5O2S/c15-11-5-4-10(20(21)22)9-12(11)19-14(23)18-8-7-17-13-3-1-2-6-16-13/h1-6,9H,7-8H2,(H,16,17)(H2,18,19,23). The van der Waals surface area contributed by atoms with Crippen molar-refractivity contribution in [3.05, 3.63) is 57.7 Å². The number of hydrogen-bond donors (Lipinski definition) is 3. The molecule has 120 valence electrons. The van der Waals surface area contributed by atoms with Crippen LogP contribution in [0, 0.1) is 10.1 Å². The van der Waals surface area contributed by atoms with Crippen molar-refractivity contribution in [1.82, 2.24) is 10.3 Å². The Labute approximate surface area is 143 Å². The number of pyridine rings is 1. The van der Waals surface area contributed by atoms with Gasteiger partial charge in [-0.25, -0.2) is 4.98 Å². The van der Waals surface area contributed by atoms with Crippen LogP contribution in [0.5, 0.6) is 0 Å². The van der Waals surface area contributed by atoms with Crippen molar-refractivity contribution < 1.29 is 4.92 Å². The summed E-state index contributed by atoms with van der Waals surface area (Å²) in [5, 5.41) is 20.4. The van der Waals surface area contributed by atoms with Gasteiger partial charge in [-0.1, -0.05) is 17.7 Å². The molecule has 1 aromatic carbocycles. The maximum absolute atomic E-state index is 10.8. The van der Waals surface area contributed by atoms with Gasteiger partial charge in [0.05, 0.1) is 15.6 Å². The number of non-ortho nitro benzene ring substituents is 1. The van der Waals surface area contributed by atoms with E-state index < -0.39 is 4.92 Å². The molecule has 3 N–H and O–H groups in total. The Morgan fingerprint density at radius 2 is 2.13 bits per heavy atom. The van der Waals surface area contributed by atoms with Crippen LogP contribution < -0.4 is 16.0 Å². The predicted octanol–water partition coefficient (Wildman–Crippen LogP) is 3.04. The summed E-state index contributed by atoms with van der Waals surface area (Å²) in [5.74, 6) is 0.773. The van der Waals surface area contributed by atoms with Crippen molar-refractivity contribution >= 4 is 46.1 Å². The number of nitrogens with one attached hydrogen (secondary N) is 3. The molecule has 0 unspecified atom stereocenters. The first kappa shape index (κ1) is 16.9. The third-order valence-electron chi connectivity index (χ3n) is 2.79. The molecule has 0 spiro atoms. The topological polar surface area (TPSA) is 92.1 Å². The number of nitro groups is 1. The SMILES string of the molecule is O=[N+]([O-])c1ccc(Cl)c(NC(=S)NCCNc2ccccn2)c1. The van der Waals surface area contributed by atoms with Crippen molar-refractivity contribution in [1.29, 1.82) is 0 Å². The lowest BCUT2D eigenvalue weighted by molar-refractivity contribution is -0.384. The molecule has 23 heavy (non-hydrogen) atoms. The maximum Gasteiger partial charge on any atom is 0.271 e. The zero-order valence-electron chi connectivity index (χ0n) is 12.0. The molecular weight excluding hydrogens is 338 g/mol. The molecule has 2 rings (SSSR count). The van der Waals surface area contributed by atoms with Gasteiger partial charge in [-0.3, -0.25) is 10.1 Å². The smallest absolute Gasteiger partial charge is 0.271 e. The van der Waals surface area contributed by atoms with E-state index in [1.54, 1.807) is 6.20 Å². The van der Waals surface area contributed by atoms with E-state index in [1.165, 1.54) is 18.2 Å². The number of thiocarbonyl (C=S) groups is 1. The van der Waals surface area contributed by atoms with E-state index in [4.69, 9.17) is 23.8 Å². The number of aromatic nitrogens is 1. The highest BCUT2D eigenvalue weighted by molar-refractivity contribution is 7.80. The van der Waals surface area contributed by atoms with Crippen molar-refractivity contribution in [2.45, 2.75) is 0 Å². The molecule has 0 aliphatic carbocycles. The van der Waals surface area contributed by atoms with E-state index in [0.29, 0.717) is 28.9 Å². The van der Waals surface area contributed by atoms with Crippen LogP contribution in [-0.4, -0.2) is 28.1 Å². The summed E-state index contributed by atoms with van der Waals surface area (Å²) in [5.41, 5.74) is 0.326.